The summed E-state index contributed by atoms with van der Waals surface area (Å²) in [4.78, 5) is 15.2. The largest absolute Gasteiger partial charge is 0.478 e. The van der Waals surface area contributed by atoms with Crippen molar-refractivity contribution in [3.63, 3.8) is 0 Å². The first-order valence-corrected chi connectivity index (χ1v) is 8.40. The molecule has 1 heterocycles. The Morgan fingerprint density at radius 1 is 1.38 bits per heavy atom. The summed E-state index contributed by atoms with van der Waals surface area (Å²) in [6, 6.07) is 4.02. The molecule has 0 unspecified atom stereocenters. The maximum absolute atomic E-state index is 12.2. The minimum atomic E-state index is -3.77. The third kappa shape index (κ3) is 3.66. The molecule has 2 aromatic rings. The van der Waals surface area contributed by atoms with E-state index in [1.165, 1.54) is 23.5 Å². The second-order valence-electron chi connectivity index (χ2n) is 4.49. The third-order valence-electron chi connectivity index (χ3n) is 2.83. The van der Waals surface area contributed by atoms with E-state index in [9.17, 15) is 13.2 Å². The quantitative estimate of drug-likeness (QED) is 0.875. The highest BCUT2D eigenvalue weighted by Crippen LogP contribution is 2.16. The molecule has 2 rings (SSSR count). The zero-order chi connectivity index (χ0) is 15.6. The van der Waals surface area contributed by atoms with Crippen LogP contribution in [0.1, 0.15) is 26.6 Å². The minimum absolute atomic E-state index is 0.0250. The van der Waals surface area contributed by atoms with Gasteiger partial charge in [-0.25, -0.2) is 22.9 Å². The van der Waals surface area contributed by atoms with Crippen LogP contribution in [0.15, 0.2) is 28.5 Å². The summed E-state index contributed by atoms with van der Waals surface area (Å²) < 4.78 is 26.8. The molecule has 0 fully saturated rings. The number of carboxylic acid groups (broad SMARTS) is 1. The molecule has 0 spiro atoms. The van der Waals surface area contributed by atoms with Crippen molar-refractivity contribution < 1.29 is 18.3 Å². The number of hydrogen-bond donors (Lipinski definition) is 2. The lowest BCUT2D eigenvalue weighted by atomic mass is 10.1. The molecule has 0 atom stereocenters. The molecule has 8 heteroatoms. The average Bonchev–Trinajstić information content (AvgIpc) is 2.82. The van der Waals surface area contributed by atoms with Crippen molar-refractivity contribution >= 4 is 27.3 Å². The highest BCUT2D eigenvalue weighted by Gasteiger charge is 2.18. The normalized spacial score (nSPS) is 11.5. The van der Waals surface area contributed by atoms with E-state index >= 15 is 0 Å². The smallest absolute Gasteiger partial charge is 0.335 e. The zero-order valence-electron chi connectivity index (χ0n) is 11.5. The number of aromatic nitrogens is 1. The standard InChI is InChI=1S/C13H14N2O4S2/c1-8-3-4-10(5-11(8)13(16)17)21(18,19)14-6-12-15-9(2)7-20-12/h3-5,7,14H,6H2,1-2H3,(H,16,17). The third-order valence-corrected chi connectivity index (χ3v) is 5.20. The Morgan fingerprint density at radius 2 is 2.10 bits per heavy atom. The first-order chi connectivity index (χ1) is 9.79. The summed E-state index contributed by atoms with van der Waals surface area (Å²) in [6.45, 7) is 3.52. The van der Waals surface area contributed by atoms with Crippen LogP contribution in [0.2, 0.25) is 0 Å². The fourth-order valence-electron chi connectivity index (χ4n) is 1.72. The van der Waals surface area contributed by atoms with E-state index < -0.39 is 16.0 Å². The summed E-state index contributed by atoms with van der Waals surface area (Å²) in [6.07, 6.45) is 0. The second kappa shape index (κ2) is 5.92. The molecule has 2 N–H and O–H groups in total. The molecular formula is C13H14N2O4S2. The van der Waals surface area contributed by atoms with E-state index in [2.05, 4.69) is 9.71 Å². The fourth-order valence-corrected chi connectivity index (χ4v) is 3.54. The molecule has 0 saturated heterocycles. The number of hydrogen-bond acceptors (Lipinski definition) is 5. The summed E-state index contributed by atoms with van der Waals surface area (Å²) in [7, 11) is -3.77. The Balaban J connectivity index is 2.23. The van der Waals surface area contributed by atoms with Crippen molar-refractivity contribution in [1.82, 2.24) is 9.71 Å². The summed E-state index contributed by atoms with van der Waals surface area (Å²) in [5.41, 5.74) is 1.32. The van der Waals surface area contributed by atoms with Crippen LogP contribution in [0, 0.1) is 13.8 Å². The van der Waals surface area contributed by atoms with Crippen molar-refractivity contribution in [1.29, 1.82) is 0 Å². The van der Waals surface area contributed by atoms with Gasteiger partial charge in [0.05, 0.1) is 17.0 Å². The topological polar surface area (TPSA) is 96.4 Å². The van der Waals surface area contributed by atoms with Gasteiger partial charge >= 0.3 is 5.97 Å². The number of aryl methyl sites for hydroxylation is 2. The van der Waals surface area contributed by atoms with Crippen molar-refractivity contribution in [3.05, 3.63) is 45.4 Å². The van der Waals surface area contributed by atoms with E-state index in [-0.39, 0.29) is 17.0 Å². The summed E-state index contributed by atoms with van der Waals surface area (Å²) in [5.74, 6) is -1.15. The number of aromatic carboxylic acids is 1. The van der Waals surface area contributed by atoms with E-state index in [1.807, 2.05) is 12.3 Å². The Hall–Kier alpha value is -1.77. The van der Waals surface area contributed by atoms with Crippen molar-refractivity contribution in [2.45, 2.75) is 25.3 Å². The molecule has 0 radical (unpaired) electrons. The summed E-state index contributed by atoms with van der Waals surface area (Å²) in [5, 5.41) is 11.5. The van der Waals surface area contributed by atoms with Crippen molar-refractivity contribution in [2.75, 3.05) is 0 Å². The molecule has 6 nitrogen and oxygen atoms in total. The Bertz CT molecular complexity index is 781. The average molecular weight is 326 g/mol. The first kappa shape index (κ1) is 15.6. The van der Waals surface area contributed by atoms with Crippen LogP contribution in [0.5, 0.6) is 0 Å². The highest BCUT2D eigenvalue weighted by molar-refractivity contribution is 7.89. The molecule has 0 amide bonds. The van der Waals surface area contributed by atoms with Gasteiger partial charge in [-0.1, -0.05) is 6.07 Å². The molecular weight excluding hydrogens is 312 g/mol. The van der Waals surface area contributed by atoms with Crippen LogP contribution >= 0.6 is 11.3 Å². The maximum Gasteiger partial charge on any atom is 0.335 e. The molecule has 0 aliphatic rings. The summed E-state index contributed by atoms with van der Waals surface area (Å²) >= 11 is 1.36. The van der Waals surface area contributed by atoms with Crippen LogP contribution in [-0.2, 0) is 16.6 Å². The fraction of sp³-hybridized carbons (Fsp3) is 0.231. The van der Waals surface area contributed by atoms with Gasteiger partial charge in [0.2, 0.25) is 10.0 Å². The van der Waals surface area contributed by atoms with E-state index in [1.54, 1.807) is 6.92 Å². The van der Waals surface area contributed by atoms with Gasteiger partial charge < -0.3 is 5.11 Å². The Labute approximate surface area is 126 Å². The second-order valence-corrected chi connectivity index (χ2v) is 7.20. The number of rotatable bonds is 5. The van der Waals surface area contributed by atoms with Gasteiger partial charge in [0.15, 0.2) is 0 Å². The SMILES string of the molecule is Cc1csc(CNS(=O)(=O)c2ccc(C)c(C(=O)O)c2)n1. The predicted molar refractivity (Wildman–Crippen MR) is 79.0 cm³/mol. The van der Waals surface area contributed by atoms with Gasteiger partial charge in [0.25, 0.3) is 0 Å². The van der Waals surface area contributed by atoms with Crippen LogP contribution in [0.3, 0.4) is 0 Å². The molecule has 0 aliphatic heterocycles. The van der Waals surface area contributed by atoms with Crippen LogP contribution in [0.25, 0.3) is 0 Å². The van der Waals surface area contributed by atoms with Gasteiger partial charge in [0, 0.05) is 11.1 Å². The highest BCUT2D eigenvalue weighted by atomic mass is 32.2. The van der Waals surface area contributed by atoms with Crippen LogP contribution in [0.4, 0.5) is 0 Å². The lowest BCUT2D eigenvalue weighted by Gasteiger charge is -2.07. The number of nitrogens with zero attached hydrogens (tertiary/aromatic N) is 1. The van der Waals surface area contributed by atoms with Gasteiger partial charge in [0.1, 0.15) is 5.01 Å². The first-order valence-electron chi connectivity index (χ1n) is 6.04. The number of carbonyl (C=O) groups is 1. The molecule has 0 bridgehead atoms. The van der Waals surface area contributed by atoms with E-state index in [4.69, 9.17) is 5.11 Å². The number of carboxylic acids is 1. The Kier molecular flexibility index (Phi) is 4.40. The van der Waals surface area contributed by atoms with Crippen LogP contribution in [-0.4, -0.2) is 24.5 Å². The number of thiazole rings is 1. The molecule has 0 saturated carbocycles. The van der Waals surface area contributed by atoms with Crippen LogP contribution < -0.4 is 4.72 Å². The van der Waals surface area contributed by atoms with Gasteiger partial charge in [-0.05, 0) is 31.5 Å². The predicted octanol–water partition coefficient (Wildman–Crippen LogP) is 1.94. The molecule has 112 valence electrons. The Morgan fingerprint density at radius 3 is 2.67 bits per heavy atom. The number of sulfonamides is 1. The van der Waals surface area contributed by atoms with E-state index in [0.717, 1.165) is 11.8 Å². The number of nitrogens with one attached hydrogen (secondary N) is 1. The van der Waals surface area contributed by atoms with Gasteiger partial charge in [-0.15, -0.1) is 11.3 Å². The van der Waals surface area contributed by atoms with Crippen molar-refractivity contribution in [2.24, 2.45) is 0 Å². The van der Waals surface area contributed by atoms with Gasteiger partial charge in [-0.2, -0.15) is 0 Å². The van der Waals surface area contributed by atoms with Crippen molar-refractivity contribution in [3.8, 4) is 0 Å². The minimum Gasteiger partial charge on any atom is -0.478 e. The van der Waals surface area contributed by atoms with Gasteiger partial charge in [-0.3, -0.25) is 0 Å². The van der Waals surface area contributed by atoms with E-state index in [0.29, 0.717) is 10.6 Å². The number of benzene rings is 1. The molecule has 0 aliphatic carbocycles. The molecule has 21 heavy (non-hydrogen) atoms. The monoisotopic (exact) mass is 326 g/mol. The molecule has 1 aromatic carbocycles. The zero-order valence-corrected chi connectivity index (χ0v) is 13.1. The lowest BCUT2D eigenvalue weighted by Crippen LogP contribution is -2.23. The lowest BCUT2D eigenvalue weighted by molar-refractivity contribution is 0.0696. The molecule has 1 aromatic heterocycles. The maximum atomic E-state index is 12.2.